The standard InChI is InChI=1S/C20H41N5O2.HI/c1-16(2)27-13-10-24-8-6-19(7-9-24)23-20(21-5)22-14-17(3)25-11-12-26-15-18(25)4;/h16-19H,6-15H2,1-5H3,(H2,21,22,23);1H. The first kappa shape index (κ1) is 25.9. The molecule has 0 spiro atoms. The zero-order chi connectivity index (χ0) is 19.6. The third-order valence-electron chi connectivity index (χ3n) is 5.56. The number of hydrogen-bond donors (Lipinski definition) is 2. The van der Waals surface area contributed by atoms with E-state index in [9.17, 15) is 0 Å². The van der Waals surface area contributed by atoms with E-state index < -0.39 is 0 Å². The van der Waals surface area contributed by atoms with E-state index in [0.717, 1.165) is 71.3 Å². The maximum atomic E-state index is 5.67. The Morgan fingerprint density at radius 2 is 1.93 bits per heavy atom. The van der Waals surface area contributed by atoms with E-state index in [2.05, 4.69) is 53.1 Å². The van der Waals surface area contributed by atoms with Gasteiger partial charge in [0.15, 0.2) is 5.96 Å². The number of hydrogen-bond acceptors (Lipinski definition) is 5. The summed E-state index contributed by atoms with van der Waals surface area (Å²) < 4.78 is 11.2. The van der Waals surface area contributed by atoms with Crippen LogP contribution >= 0.6 is 24.0 Å². The summed E-state index contributed by atoms with van der Waals surface area (Å²) in [5.74, 6) is 0.921. The summed E-state index contributed by atoms with van der Waals surface area (Å²) in [4.78, 5) is 9.44. The highest BCUT2D eigenvalue weighted by Crippen LogP contribution is 2.11. The van der Waals surface area contributed by atoms with Gasteiger partial charge in [0.2, 0.25) is 0 Å². The number of guanidine groups is 1. The molecular formula is C20H42IN5O2. The van der Waals surface area contributed by atoms with Gasteiger partial charge in [-0.15, -0.1) is 24.0 Å². The Kier molecular flexibility index (Phi) is 12.9. The highest BCUT2D eigenvalue weighted by atomic mass is 127. The summed E-state index contributed by atoms with van der Waals surface area (Å²) >= 11 is 0. The van der Waals surface area contributed by atoms with E-state index in [1.54, 1.807) is 0 Å². The number of nitrogens with one attached hydrogen (secondary N) is 2. The van der Waals surface area contributed by atoms with Crippen LogP contribution in [0.1, 0.15) is 40.5 Å². The van der Waals surface area contributed by atoms with Crippen molar-refractivity contribution in [3.63, 3.8) is 0 Å². The Morgan fingerprint density at radius 3 is 2.54 bits per heavy atom. The lowest BCUT2D eigenvalue weighted by Crippen LogP contribution is -2.54. The number of rotatable bonds is 8. The first-order valence-electron chi connectivity index (χ1n) is 10.6. The summed E-state index contributed by atoms with van der Waals surface area (Å²) in [6, 6.07) is 1.44. The van der Waals surface area contributed by atoms with Crippen LogP contribution in [0.2, 0.25) is 0 Å². The summed E-state index contributed by atoms with van der Waals surface area (Å²) in [5, 5.41) is 7.12. The average molecular weight is 511 g/mol. The van der Waals surface area contributed by atoms with Crippen LogP contribution < -0.4 is 10.6 Å². The van der Waals surface area contributed by atoms with Crippen molar-refractivity contribution in [2.75, 3.05) is 59.6 Å². The topological polar surface area (TPSA) is 61.4 Å². The van der Waals surface area contributed by atoms with Crippen molar-refractivity contribution in [3.05, 3.63) is 0 Å². The number of likely N-dealkylation sites (tertiary alicyclic amines) is 1. The van der Waals surface area contributed by atoms with Crippen LogP contribution in [0.4, 0.5) is 0 Å². The van der Waals surface area contributed by atoms with E-state index in [-0.39, 0.29) is 24.0 Å². The molecule has 0 bridgehead atoms. The second-order valence-corrected chi connectivity index (χ2v) is 8.14. The molecule has 2 heterocycles. The van der Waals surface area contributed by atoms with Gasteiger partial charge in [-0.2, -0.15) is 0 Å². The molecule has 166 valence electrons. The van der Waals surface area contributed by atoms with Crippen LogP contribution in [0.5, 0.6) is 0 Å². The van der Waals surface area contributed by atoms with Crippen molar-refractivity contribution in [2.24, 2.45) is 4.99 Å². The van der Waals surface area contributed by atoms with Gasteiger partial charge in [-0.3, -0.25) is 9.89 Å². The van der Waals surface area contributed by atoms with Crippen molar-refractivity contribution in [1.82, 2.24) is 20.4 Å². The normalized spacial score (nSPS) is 24.1. The van der Waals surface area contributed by atoms with Crippen molar-refractivity contribution in [3.8, 4) is 0 Å². The minimum Gasteiger partial charge on any atom is -0.379 e. The molecule has 0 aliphatic carbocycles. The fraction of sp³-hybridized carbons (Fsp3) is 0.950. The fourth-order valence-electron chi connectivity index (χ4n) is 3.86. The van der Waals surface area contributed by atoms with Crippen LogP contribution in [0, 0.1) is 0 Å². The Bertz CT molecular complexity index is 444. The third kappa shape index (κ3) is 9.11. The SMILES string of the molecule is CN=C(NCC(C)N1CCOCC1C)NC1CCN(CCOC(C)C)CC1.I. The van der Waals surface area contributed by atoms with Gasteiger partial charge in [0.05, 0.1) is 25.9 Å². The second kappa shape index (κ2) is 14.0. The van der Waals surface area contributed by atoms with Crippen LogP contribution in [-0.2, 0) is 9.47 Å². The lowest BCUT2D eigenvalue weighted by Gasteiger charge is -2.38. The first-order chi connectivity index (χ1) is 13.0. The number of piperidine rings is 1. The molecule has 2 rings (SSSR count). The lowest BCUT2D eigenvalue weighted by atomic mass is 10.1. The Balaban J connectivity index is 0.00000392. The molecule has 2 unspecified atom stereocenters. The summed E-state index contributed by atoms with van der Waals surface area (Å²) in [5.41, 5.74) is 0. The predicted molar refractivity (Wildman–Crippen MR) is 127 cm³/mol. The van der Waals surface area contributed by atoms with E-state index in [1.165, 1.54) is 0 Å². The van der Waals surface area contributed by atoms with E-state index in [4.69, 9.17) is 9.47 Å². The van der Waals surface area contributed by atoms with Crippen LogP contribution in [0.25, 0.3) is 0 Å². The lowest BCUT2D eigenvalue weighted by molar-refractivity contribution is -0.0174. The highest BCUT2D eigenvalue weighted by Gasteiger charge is 2.24. The Morgan fingerprint density at radius 1 is 1.21 bits per heavy atom. The quantitative estimate of drug-likeness (QED) is 0.294. The fourth-order valence-corrected chi connectivity index (χ4v) is 3.86. The van der Waals surface area contributed by atoms with Crippen molar-refractivity contribution in [1.29, 1.82) is 0 Å². The molecule has 0 saturated carbocycles. The van der Waals surface area contributed by atoms with Gasteiger partial charge >= 0.3 is 0 Å². The number of aliphatic imine (C=N–C) groups is 1. The van der Waals surface area contributed by atoms with Crippen molar-refractivity contribution in [2.45, 2.75) is 64.8 Å². The Labute approximate surface area is 189 Å². The predicted octanol–water partition coefficient (Wildman–Crippen LogP) is 1.77. The summed E-state index contributed by atoms with van der Waals surface area (Å²) in [7, 11) is 1.86. The molecule has 8 heteroatoms. The zero-order valence-corrected chi connectivity index (χ0v) is 20.8. The molecule has 0 aromatic carbocycles. The molecule has 2 fully saturated rings. The van der Waals surface area contributed by atoms with Gasteiger partial charge in [-0.1, -0.05) is 0 Å². The highest BCUT2D eigenvalue weighted by molar-refractivity contribution is 14.0. The molecule has 7 nitrogen and oxygen atoms in total. The smallest absolute Gasteiger partial charge is 0.191 e. The van der Waals surface area contributed by atoms with Crippen molar-refractivity contribution < 1.29 is 9.47 Å². The van der Waals surface area contributed by atoms with Crippen LogP contribution in [-0.4, -0.2) is 99.6 Å². The molecule has 0 radical (unpaired) electrons. The van der Waals surface area contributed by atoms with Gasteiger partial charge in [-0.05, 0) is 40.5 Å². The molecule has 28 heavy (non-hydrogen) atoms. The molecule has 2 atom stereocenters. The molecule has 0 aromatic heterocycles. The van der Waals surface area contributed by atoms with Crippen LogP contribution in [0.15, 0.2) is 4.99 Å². The zero-order valence-electron chi connectivity index (χ0n) is 18.4. The van der Waals surface area contributed by atoms with E-state index in [1.807, 2.05) is 7.05 Å². The van der Waals surface area contributed by atoms with Crippen LogP contribution in [0.3, 0.4) is 0 Å². The molecule has 0 amide bonds. The maximum absolute atomic E-state index is 5.67. The average Bonchev–Trinajstić information content (AvgIpc) is 2.66. The molecule has 2 saturated heterocycles. The summed E-state index contributed by atoms with van der Waals surface area (Å²) in [6.45, 7) is 16.4. The van der Waals surface area contributed by atoms with E-state index in [0.29, 0.717) is 24.2 Å². The minimum absolute atomic E-state index is 0. The summed E-state index contributed by atoms with van der Waals surface area (Å²) in [6.07, 6.45) is 2.62. The van der Waals surface area contributed by atoms with Gasteiger partial charge in [0.25, 0.3) is 0 Å². The van der Waals surface area contributed by atoms with E-state index >= 15 is 0 Å². The van der Waals surface area contributed by atoms with Gasteiger partial charge in [-0.25, -0.2) is 0 Å². The molecule has 2 aliphatic heterocycles. The number of nitrogens with zero attached hydrogens (tertiary/aromatic N) is 3. The first-order valence-corrected chi connectivity index (χ1v) is 10.6. The maximum Gasteiger partial charge on any atom is 0.191 e. The third-order valence-corrected chi connectivity index (χ3v) is 5.56. The van der Waals surface area contributed by atoms with Gasteiger partial charge in [0.1, 0.15) is 0 Å². The van der Waals surface area contributed by atoms with Gasteiger partial charge < -0.3 is 25.0 Å². The van der Waals surface area contributed by atoms with Crippen molar-refractivity contribution >= 4 is 29.9 Å². The second-order valence-electron chi connectivity index (χ2n) is 8.14. The molecule has 2 aliphatic rings. The Hall–Kier alpha value is -0.160. The van der Waals surface area contributed by atoms with Gasteiger partial charge in [0, 0.05) is 57.9 Å². The minimum atomic E-state index is 0. The monoisotopic (exact) mass is 511 g/mol. The number of morpholine rings is 1. The largest absolute Gasteiger partial charge is 0.379 e. The molecule has 2 N–H and O–H groups in total. The number of ether oxygens (including phenoxy) is 2. The number of halogens is 1. The molecule has 0 aromatic rings. The molecular weight excluding hydrogens is 469 g/mol.